The maximum Gasteiger partial charge on any atom is 0.303 e. The van der Waals surface area contributed by atoms with Crippen molar-refractivity contribution in [2.75, 3.05) is 6.61 Å². The van der Waals surface area contributed by atoms with Gasteiger partial charge in [0.05, 0.1) is 12.2 Å². The molecule has 4 atom stereocenters. The first-order valence-corrected chi connectivity index (χ1v) is 9.50. The molecule has 1 aliphatic rings. The molecule has 0 aromatic carbocycles. The van der Waals surface area contributed by atoms with Crippen molar-refractivity contribution in [3.8, 4) is 0 Å². The third-order valence-electron chi connectivity index (χ3n) is 4.77. The Morgan fingerprint density at radius 3 is 2.65 bits per heavy atom. The molecule has 0 aromatic rings. The molecule has 148 valence electrons. The Labute approximate surface area is 155 Å². The number of carboxylic acids is 1. The van der Waals surface area contributed by atoms with E-state index in [4.69, 9.17) is 10.2 Å². The fraction of sp³-hybridized carbons (Fsp3) is 0.700. The Hall–Kier alpha value is -1.50. The van der Waals surface area contributed by atoms with Crippen LogP contribution in [0.2, 0.25) is 0 Å². The van der Waals surface area contributed by atoms with Crippen molar-refractivity contribution in [3.63, 3.8) is 0 Å². The van der Waals surface area contributed by atoms with E-state index in [9.17, 15) is 19.8 Å². The lowest BCUT2D eigenvalue weighted by Crippen LogP contribution is -2.19. The van der Waals surface area contributed by atoms with Gasteiger partial charge in [0, 0.05) is 31.3 Å². The first kappa shape index (κ1) is 22.5. The van der Waals surface area contributed by atoms with Gasteiger partial charge in [-0.1, -0.05) is 37.1 Å². The third kappa shape index (κ3) is 8.74. The van der Waals surface area contributed by atoms with Crippen molar-refractivity contribution >= 4 is 11.8 Å². The molecule has 1 rings (SSSR count). The average molecular weight is 368 g/mol. The largest absolute Gasteiger partial charge is 0.481 e. The first-order chi connectivity index (χ1) is 12.5. The van der Waals surface area contributed by atoms with Gasteiger partial charge in [0.2, 0.25) is 0 Å². The highest BCUT2D eigenvalue weighted by molar-refractivity contribution is 5.86. The number of hydrogen-bond acceptors (Lipinski definition) is 5. The second-order valence-electron chi connectivity index (χ2n) is 6.95. The van der Waals surface area contributed by atoms with Crippen LogP contribution in [-0.4, -0.2) is 51.0 Å². The summed E-state index contributed by atoms with van der Waals surface area (Å²) in [5.74, 6) is -1.40. The number of carbonyl (C=O) groups is 2. The fourth-order valence-electron chi connectivity index (χ4n) is 3.25. The summed E-state index contributed by atoms with van der Waals surface area (Å²) in [6.07, 6.45) is 10.9. The standard InChI is InChI=1S/C20H32O6/c21-13-7-3-4-8-15(22)11-12-17-16(18(23)14-19(17)24)9-5-1-2-6-10-20(25)26/h1,5,11-12,15-18,21-23H,2-4,6-10,13-14H2,(H,25,26)/b5-1-,12-11+/t15-,16+,17+,18-/m0/s1. The molecule has 6 heteroatoms. The lowest BCUT2D eigenvalue weighted by molar-refractivity contribution is -0.137. The molecular formula is C20H32O6. The zero-order valence-corrected chi connectivity index (χ0v) is 15.3. The van der Waals surface area contributed by atoms with E-state index in [0.717, 1.165) is 19.3 Å². The number of aliphatic hydroxyl groups is 3. The summed E-state index contributed by atoms with van der Waals surface area (Å²) < 4.78 is 0. The van der Waals surface area contributed by atoms with Crippen molar-refractivity contribution in [1.29, 1.82) is 0 Å². The number of unbranched alkanes of at least 4 members (excludes halogenated alkanes) is 3. The number of rotatable bonds is 13. The lowest BCUT2D eigenvalue weighted by Gasteiger charge is -2.17. The normalized spacial score (nSPS) is 24.7. The van der Waals surface area contributed by atoms with Gasteiger partial charge in [0.1, 0.15) is 5.78 Å². The quantitative estimate of drug-likeness (QED) is 0.293. The van der Waals surface area contributed by atoms with Crippen molar-refractivity contribution in [3.05, 3.63) is 24.3 Å². The highest BCUT2D eigenvalue weighted by atomic mass is 16.4. The number of ketones is 1. The van der Waals surface area contributed by atoms with Crippen LogP contribution < -0.4 is 0 Å². The molecule has 26 heavy (non-hydrogen) atoms. The van der Waals surface area contributed by atoms with Crippen LogP contribution in [0.1, 0.15) is 57.8 Å². The van der Waals surface area contributed by atoms with Crippen LogP contribution in [-0.2, 0) is 9.59 Å². The molecule has 0 amide bonds. The van der Waals surface area contributed by atoms with Gasteiger partial charge < -0.3 is 20.4 Å². The highest BCUT2D eigenvalue weighted by Gasteiger charge is 2.39. The Bertz CT molecular complexity index is 485. The van der Waals surface area contributed by atoms with Crippen LogP contribution in [0.25, 0.3) is 0 Å². The van der Waals surface area contributed by atoms with Gasteiger partial charge in [0.15, 0.2) is 0 Å². The van der Waals surface area contributed by atoms with Crippen LogP contribution in [0.4, 0.5) is 0 Å². The van der Waals surface area contributed by atoms with Crippen LogP contribution in [0, 0.1) is 11.8 Å². The van der Waals surface area contributed by atoms with E-state index in [-0.39, 0.29) is 37.1 Å². The van der Waals surface area contributed by atoms with Crippen molar-refractivity contribution in [2.24, 2.45) is 11.8 Å². The molecule has 4 N–H and O–H groups in total. The van der Waals surface area contributed by atoms with Gasteiger partial charge in [-0.15, -0.1) is 0 Å². The van der Waals surface area contributed by atoms with Crippen molar-refractivity contribution in [1.82, 2.24) is 0 Å². The van der Waals surface area contributed by atoms with Crippen LogP contribution in [0.5, 0.6) is 0 Å². The van der Waals surface area contributed by atoms with E-state index in [1.165, 1.54) is 0 Å². The molecule has 0 saturated heterocycles. The number of aliphatic hydroxyl groups excluding tert-OH is 3. The monoisotopic (exact) mass is 368 g/mol. The van der Waals surface area contributed by atoms with Crippen LogP contribution in [0.3, 0.4) is 0 Å². The van der Waals surface area contributed by atoms with E-state index >= 15 is 0 Å². The van der Waals surface area contributed by atoms with Gasteiger partial charge in [-0.3, -0.25) is 9.59 Å². The number of carbonyl (C=O) groups excluding carboxylic acids is 1. The maximum atomic E-state index is 12.1. The topological polar surface area (TPSA) is 115 Å². The molecular weight excluding hydrogens is 336 g/mol. The predicted octanol–water partition coefficient (Wildman–Crippen LogP) is 2.22. The van der Waals surface area contributed by atoms with Crippen LogP contribution >= 0.6 is 0 Å². The van der Waals surface area contributed by atoms with E-state index in [1.807, 2.05) is 12.2 Å². The maximum absolute atomic E-state index is 12.1. The van der Waals surface area contributed by atoms with Gasteiger partial charge in [0.25, 0.3) is 0 Å². The minimum Gasteiger partial charge on any atom is -0.481 e. The number of Topliss-reactive ketones (excluding diaryl/α,β-unsaturated/α-hetero) is 1. The Morgan fingerprint density at radius 1 is 1.19 bits per heavy atom. The number of aliphatic carboxylic acids is 1. The predicted molar refractivity (Wildman–Crippen MR) is 98.6 cm³/mol. The molecule has 1 aliphatic carbocycles. The summed E-state index contributed by atoms with van der Waals surface area (Å²) in [4.78, 5) is 22.6. The summed E-state index contributed by atoms with van der Waals surface area (Å²) in [6.45, 7) is 0.159. The molecule has 1 fully saturated rings. The number of hydrogen-bond donors (Lipinski definition) is 4. The third-order valence-corrected chi connectivity index (χ3v) is 4.77. The summed E-state index contributed by atoms with van der Waals surface area (Å²) in [5, 5.41) is 37.4. The zero-order chi connectivity index (χ0) is 19.4. The SMILES string of the molecule is O=C(O)CCC/C=C\C[C@H]1[C@@H](O)CC(=O)[C@@H]1/C=C/[C@@H](O)CCCCCO. The van der Waals surface area contributed by atoms with Gasteiger partial charge in [-0.05, 0) is 32.1 Å². The number of carboxylic acid groups (broad SMARTS) is 1. The molecule has 6 nitrogen and oxygen atoms in total. The second-order valence-corrected chi connectivity index (χ2v) is 6.95. The summed E-state index contributed by atoms with van der Waals surface area (Å²) in [5.41, 5.74) is 0. The highest BCUT2D eigenvalue weighted by Crippen LogP contribution is 2.33. The zero-order valence-electron chi connectivity index (χ0n) is 15.3. The smallest absolute Gasteiger partial charge is 0.303 e. The Balaban J connectivity index is 2.45. The second kappa shape index (κ2) is 12.8. The summed E-state index contributed by atoms with van der Waals surface area (Å²) in [6, 6.07) is 0. The van der Waals surface area contributed by atoms with Gasteiger partial charge >= 0.3 is 5.97 Å². The summed E-state index contributed by atoms with van der Waals surface area (Å²) >= 11 is 0. The lowest BCUT2D eigenvalue weighted by atomic mass is 9.90. The van der Waals surface area contributed by atoms with E-state index in [0.29, 0.717) is 25.7 Å². The first-order valence-electron chi connectivity index (χ1n) is 9.50. The molecule has 0 unspecified atom stereocenters. The minimum atomic E-state index is -0.810. The van der Waals surface area contributed by atoms with Crippen molar-refractivity contribution in [2.45, 2.75) is 70.0 Å². The van der Waals surface area contributed by atoms with E-state index in [1.54, 1.807) is 12.2 Å². The van der Waals surface area contributed by atoms with Crippen LogP contribution in [0.15, 0.2) is 24.3 Å². The molecule has 0 spiro atoms. The molecule has 0 bridgehead atoms. The molecule has 1 saturated carbocycles. The van der Waals surface area contributed by atoms with Gasteiger partial charge in [-0.2, -0.15) is 0 Å². The minimum absolute atomic E-state index is 0.00879. The molecule has 0 heterocycles. The van der Waals surface area contributed by atoms with Crippen molar-refractivity contribution < 1.29 is 30.0 Å². The number of allylic oxidation sites excluding steroid dienone is 3. The molecule has 0 aromatic heterocycles. The summed E-state index contributed by atoms with van der Waals surface area (Å²) in [7, 11) is 0. The van der Waals surface area contributed by atoms with E-state index in [2.05, 4.69) is 0 Å². The average Bonchev–Trinajstić information content (AvgIpc) is 2.85. The molecule has 0 aliphatic heterocycles. The Kier molecular flexibility index (Phi) is 11.1. The van der Waals surface area contributed by atoms with E-state index < -0.39 is 18.2 Å². The molecule has 0 radical (unpaired) electrons. The Morgan fingerprint density at radius 2 is 1.96 bits per heavy atom. The van der Waals surface area contributed by atoms with Gasteiger partial charge in [-0.25, -0.2) is 0 Å². The fourth-order valence-corrected chi connectivity index (χ4v) is 3.25.